The Labute approximate surface area is 196 Å². The van der Waals surface area contributed by atoms with Crippen molar-refractivity contribution >= 4 is 29.3 Å². The molecule has 0 bridgehead atoms. The van der Waals surface area contributed by atoms with Crippen LogP contribution in [-0.2, 0) is 11.3 Å². The zero-order valence-electron chi connectivity index (χ0n) is 18.7. The van der Waals surface area contributed by atoms with Crippen LogP contribution in [0.4, 0.5) is 5.69 Å². The number of aryl methyl sites for hydroxylation is 1. The van der Waals surface area contributed by atoms with Gasteiger partial charge in [0.1, 0.15) is 11.8 Å². The summed E-state index contributed by atoms with van der Waals surface area (Å²) in [6.45, 7) is 4.03. The SMILES string of the molecule is CCn1c(SCC(=O)Nc2cccc(C)c2)nnc1C(CO)NC(=O)c1ccc(OC)cc1. The second-order valence-electron chi connectivity index (χ2n) is 7.23. The number of benzene rings is 2. The molecule has 2 amide bonds. The molecular formula is C23H27N5O4S. The average molecular weight is 470 g/mol. The van der Waals surface area contributed by atoms with Crippen LogP contribution >= 0.6 is 11.8 Å². The molecule has 9 nitrogen and oxygen atoms in total. The number of thioether (sulfide) groups is 1. The van der Waals surface area contributed by atoms with Gasteiger partial charge < -0.3 is 25.0 Å². The van der Waals surface area contributed by atoms with E-state index in [1.165, 1.54) is 11.8 Å². The number of hydrogen-bond acceptors (Lipinski definition) is 7. The van der Waals surface area contributed by atoms with E-state index in [0.29, 0.717) is 28.8 Å². The van der Waals surface area contributed by atoms with Crippen molar-refractivity contribution < 1.29 is 19.4 Å². The van der Waals surface area contributed by atoms with Crippen LogP contribution in [0, 0.1) is 6.92 Å². The fourth-order valence-corrected chi connectivity index (χ4v) is 4.00. The standard InChI is InChI=1S/C23H27N5O4S/c1-4-28-21(19(13-29)25-22(31)16-8-10-18(32-3)11-9-16)26-27-23(28)33-14-20(30)24-17-7-5-6-15(2)12-17/h5-12,19,29H,4,13-14H2,1-3H3,(H,24,30)(H,25,31). The van der Waals surface area contributed by atoms with Gasteiger partial charge in [0, 0.05) is 17.8 Å². The van der Waals surface area contributed by atoms with Gasteiger partial charge in [0.25, 0.3) is 5.91 Å². The highest BCUT2D eigenvalue weighted by Crippen LogP contribution is 2.22. The highest BCUT2D eigenvalue weighted by atomic mass is 32.2. The van der Waals surface area contributed by atoms with Crippen LogP contribution < -0.4 is 15.4 Å². The number of amides is 2. The number of aromatic nitrogens is 3. The average Bonchev–Trinajstić information content (AvgIpc) is 3.23. The first kappa shape index (κ1) is 24.3. The summed E-state index contributed by atoms with van der Waals surface area (Å²) in [6.07, 6.45) is 0. The predicted octanol–water partition coefficient (Wildman–Crippen LogP) is 2.81. The number of methoxy groups -OCH3 is 1. The van der Waals surface area contributed by atoms with Crippen LogP contribution in [0.25, 0.3) is 0 Å². The normalized spacial score (nSPS) is 11.6. The summed E-state index contributed by atoms with van der Waals surface area (Å²) in [4.78, 5) is 25.0. The third kappa shape index (κ3) is 6.33. The number of ether oxygens (including phenoxy) is 1. The molecule has 0 aliphatic heterocycles. The third-order valence-corrected chi connectivity index (χ3v) is 5.81. The van der Waals surface area contributed by atoms with E-state index >= 15 is 0 Å². The Morgan fingerprint density at radius 3 is 2.58 bits per heavy atom. The van der Waals surface area contributed by atoms with Crippen molar-refractivity contribution in [2.24, 2.45) is 0 Å². The molecule has 3 rings (SSSR count). The second kappa shape index (κ2) is 11.5. The van der Waals surface area contributed by atoms with Gasteiger partial charge in [-0.3, -0.25) is 9.59 Å². The minimum atomic E-state index is -0.748. The zero-order valence-corrected chi connectivity index (χ0v) is 19.6. The number of rotatable bonds is 10. The maximum atomic E-state index is 12.6. The number of anilines is 1. The molecule has 10 heteroatoms. The summed E-state index contributed by atoms with van der Waals surface area (Å²) in [7, 11) is 1.55. The van der Waals surface area contributed by atoms with Gasteiger partial charge in [-0.25, -0.2) is 0 Å². The Hall–Kier alpha value is -3.37. The fraction of sp³-hybridized carbons (Fsp3) is 0.304. The minimum absolute atomic E-state index is 0.147. The molecule has 0 aliphatic carbocycles. The van der Waals surface area contributed by atoms with Crippen molar-refractivity contribution in [2.45, 2.75) is 31.6 Å². The summed E-state index contributed by atoms with van der Waals surface area (Å²) in [5.74, 6) is 0.694. The number of carbonyl (C=O) groups is 2. The van der Waals surface area contributed by atoms with Crippen molar-refractivity contribution in [3.63, 3.8) is 0 Å². The zero-order chi connectivity index (χ0) is 23.8. The lowest BCUT2D eigenvalue weighted by Gasteiger charge is -2.17. The van der Waals surface area contributed by atoms with Crippen molar-refractivity contribution in [2.75, 3.05) is 24.8 Å². The first-order valence-corrected chi connectivity index (χ1v) is 11.4. The van der Waals surface area contributed by atoms with Crippen LogP contribution in [0.2, 0.25) is 0 Å². The van der Waals surface area contributed by atoms with E-state index in [1.807, 2.05) is 38.1 Å². The molecule has 0 fully saturated rings. The summed E-state index contributed by atoms with van der Waals surface area (Å²) >= 11 is 1.24. The molecule has 0 saturated carbocycles. The number of nitrogens with zero attached hydrogens (tertiary/aromatic N) is 3. The smallest absolute Gasteiger partial charge is 0.251 e. The highest BCUT2D eigenvalue weighted by molar-refractivity contribution is 7.99. The van der Waals surface area contributed by atoms with Crippen molar-refractivity contribution in [3.05, 3.63) is 65.5 Å². The third-order valence-electron chi connectivity index (χ3n) is 4.85. The second-order valence-corrected chi connectivity index (χ2v) is 8.17. The van der Waals surface area contributed by atoms with E-state index in [0.717, 1.165) is 11.3 Å². The van der Waals surface area contributed by atoms with E-state index in [2.05, 4.69) is 20.8 Å². The monoisotopic (exact) mass is 469 g/mol. The van der Waals surface area contributed by atoms with E-state index < -0.39 is 6.04 Å². The van der Waals surface area contributed by atoms with Gasteiger partial charge in [-0.1, -0.05) is 23.9 Å². The van der Waals surface area contributed by atoms with Gasteiger partial charge in [0.15, 0.2) is 11.0 Å². The Balaban J connectivity index is 1.65. The molecular weight excluding hydrogens is 442 g/mol. The van der Waals surface area contributed by atoms with Crippen LogP contribution in [-0.4, -0.2) is 51.2 Å². The predicted molar refractivity (Wildman–Crippen MR) is 127 cm³/mol. The molecule has 2 aromatic carbocycles. The molecule has 0 aliphatic rings. The van der Waals surface area contributed by atoms with Crippen LogP contribution in [0.3, 0.4) is 0 Å². The van der Waals surface area contributed by atoms with Crippen LogP contribution in [0.5, 0.6) is 5.75 Å². The van der Waals surface area contributed by atoms with Gasteiger partial charge in [0.2, 0.25) is 5.91 Å². The maximum absolute atomic E-state index is 12.6. The molecule has 3 aromatic rings. The lowest BCUT2D eigenvalue weighted by atomic mass is 10.2. The molecule has 1 atom stereocenters. The van der Waals surface area contributed by atoms with Crippen LogP contribution in [0.15, 0.2) is 53.7 Å². The summed E-state index contributed by atoms with van der Waals surface area (Å²) in [5, 5.41) is 24.4. The molecule has 0 saturated heterocycles. The summed E-state index contributed by atoms with van der Waals surface area (Å²) in [5.41, 5.74) is 2.22. The Bertz CT molecular complexity index is 1100. The van der Waals surface area contributed by atoms with Gasteiger partial charge in [-0.2, -0.15) is 0 Å². The number of carbonyl (C=O) groups excluding carboxylic acids is 2. The molecule has 3 N–H and O–H groups in total. The van der Waals surface area contributed by atoms with E-state index in [-0.39, 0.29) is 24.2 Å². The first-order chi connectivity index (χ1) is 15.9. The molecule has 0 radical (unpaired) electrons. The van der Waals surface area contributed by atoms with Crippen molar-refractivity contribution in [3.8, 4) is 5.75 Å². The van der Waals surface area contributed by atoms with Crippen molar-refractivity contribution in [1.82, 2.24) is 20.1 Å². The summed E-state index contributed by atoms with van der Waals surface area (Å²) in [6, 6.07) is 13.5. The first-order valence-electron chi connectivity index (χ1n) is 10.4. The van der Waals surface area contributed by atoms with Gasteiger partial charge >= 0.3 is 0 Å². The largest absolute Gasteiger partial charge is 0.497 e. The molecule has 1 unspecified atom stereocenters. The van der Waals surface area contributed by atoms with E-state index in [4.69, 9.17) is 4.74 Å². The maximum Gasteiger partial charge on any atom is 0.251 e. The van der Waals surface area contributed by atoms with Crippen molar-refractivity contribution in [1.29, 1.82) is 0 Å². The van der Waals surface area contributed by atoms with Gasteiger partial charge in [-0.15, -0.1) is 10.2 Å². The van der Waals surface area contributed by atoms with E-state index in [9.17, 15) is 14.7 Å². The molecule has 1 heterocycles. The Morgan fingerprint density at radius 2 is 1.94 bits per heavy atom. The molecule has 33 heavy (non-hydrogen) atoms. The molecule has 174 valence electrons. The topological polar surface area (TPSA) is 118 Å². The number of nitrogens with one attached hydrogen (secondary N) is 2. The molecule has 1 aromatic heterocycles. The van der Waals surface area contributed by atoms with Crippen LogP contribution in [0.1, 0.15) is 34.7 Å². The summed E-state index contributed by atoms with van der Waals surface area (Å²) < 4.78 is 6.89. The molecule has 0 spiro atoms. The highest BCUT2D eigenvalue weighted by Gasteiger charge is 2.23. The quantitative estimate of drug-likeness (QED) is 0.391. The minimum Gasteiger partial charge on any atom is -0.497 e. The van der Waals surface area contributed by atoms with E-state index in [1.54, 1.807) is 35.9 Å². The Kier molecular flexibility index (Phi) is 8.45. The number of aliphatic hydroxyl groups is 1. The lowest BCUT2D eigenvalue weighted by molar-refractivity contribution is -0.113. The Morgan fingerprint density at radius 1 is 1.18 bits per heavy atom. The van der Waals surface area contributed by atoms with Gasteiger partial charge in [-0.05, 0) is 55.8 Å². The van der Waals surface area contributed by atoms with Gasteiger partial charge in [0.05, 0.1) is 19.5 Å². The fourth-order valence-electron chi connectivity index (χ4n) is 3.19. The number of hydrogen-bond donors (Lipinski definition) is 3. The number of aliphatic hydroxyl groups excluding tert-OH is 1. The lowest BCUT2D eigenvalue weighted by Crippen LogP contribution is -2.32.